The average molecular weight is 400 g/mol. The second kappa shape index (κ2) is 9.41. The van der Waals surface area contributed by atoms with Crippen molar-refractivity contribution in [3.8, 4) is 0 Å². The first-order valence-corrected chi connectivity index (χ1v) is 11.5. The molecule has 1 saturated heterocycles. The lowest BCUT2D eigenvalue weighted by molar-refractivity contribution is -0.144. The van der Waals surface area contributed by atoms with E-state index in [0.29, 0.717) is 18.0 Å². The molecule has 0 spiro atoms. The topological polar surface area (TPSA) is 89.5 Å². The molecule has 1 N–H and O–H groups in total. The van der Waals surface area contributed by atoms with Crippen LogP contribution in [0.25, 0.3) is 0 Å². The van der Waals surface area contributed by atoms with Crippen LogP contribution < -0.4 is 5.32 Å². The van der Waals surface area contributed by atoms with Gasteiger partial charge >= 0.3 is 5.97 Å². The molecule has 1 amide bonds. The summed E-state index contributed by atoms with van der Waals surface area (Å²) in [5.74, 6) is -0.106. The number of thioether (sulfide) groups is 1. The molecule has 0 radical (unpaired) electrons. The molecule has 26 heavy (non-hydrogen) atoms. The van der Waals surface area contributed by atoms with Crippen molar-refractivity contribution < 1.29 is 22.7 Å². The molecule has 1 aromatic rings. The van der Waals surface area contributed by atoms with Crippen LogP contribution in [0.4, 0.5) is 5.69 Å². The lowest BCUT2D eigenvalue weighted by Crippen LogP contribution is -2.22. The summed E-state index contributed by atoms with van der Waals surface area (Å²) in [6.07, 6.45) is 1.61. The molecule has 2 rings (SSSR count). The number of sulfone groups is 1. The van der Waals surface area contributed by atoms with E-state index in [1.54, 1.807) is 0 Å². The van der Waals surface area contributed by atoms with Crippen LogP contribution >= 0.6 is 11.8 Å². The lowest BCUT2D eigenvalue weighted by Gasteiger charge is -2.11. The molecule has 0 unspecified atom stereocenters. The van der Waals surface area contributed by atoms with Gasteiger partial charge in [-0.3, -0.25) is 9.59 Å². The predicted octanol–water partition coefficient (Wildman–Crippen LogP) is 2.60. The number of carbonyl (C=O) groups excluding carboxylic acids is 2. The van der Waals surface area contributed by atoms with Crippen molar-refractivity contribution in [1.82, 2.24) is 0 Å². The summed E-state index contributed by atoms with van der Waals surface area (Å²) < 4.78 is 27.7. The number of anilines is 1. The van der Waals surface area contributed by atoms with Crippen molar-refractivity contribution in [2.45, 2.75) is 37.9 Å². The van der Waals surface area contributed by atoms with E-state index in [1.807, 2.05) is 24.3 Å². The molecule has 1 fully saturated rings. The van der Waals surface area contributed by atoms with Crippen molar-refractivity contribution in [2.75, 3.05) is 29.2 Å². The minimum atomic E-state index is -2.95. The normalized spacial score (nSPS) is 19.7. The van der Waals surface area contributed by atoms with Gasteiger partial charge in [-0.2, -0.15) is 0 Å². The highest BCUT2D eigenvalue weighted by molar-refractivity contribution is 8.02. The molecular weight excluding hydrogens is 374 g/mol. The molecule has 2 atom stereocenters. The van der Waals surface area contributed by atoms with Gasteiger partial charge in [0, 0.05) is 10.9 Å². The maximum atomic E-state index is 11.9. The number of ether oxygens (including phenoxy) is 1. The number of benzene rings is 1. The molecule has 1 heterocycles. The van der Waals surface area contributed by atoms with Crippen molar-refractivity contribution in [3.63, 3.8) is 0 Å². The number of hydrogen-bond donors (Lipinski definition) is 1. The first-order chi connectivity index (χ1) is 12.3. The van der Waals surface area contributed by atoms with E-state index in [2.05, 4.69) is 19.2 Å². The molecule has 0 aliphatic carbocycles. The number of rotatable bonds is 8. The molecular formula is C18H25NO5S2. The van der Waals surface area contributed by atoms with Crippen LogP contribution in [0.15, 0.2) is 24.3 Å². The Morgan fingerprint density at radius 3 is 2.58 bits per heavy atom. The Kier molecular flexibility index (Phi) is 7.52. The van der Waals surface area contributed by atoms with Crippen molar-refractivity contribution in [2.24, 2.45) is 0 Å². The molecule has 1 aliphatic heterocycles. The van der Waals surface area contributed by atoms with E-state index in [0.717, 1.165) is 6.42 Å². The summed E-state index contributed by atoms with van der Waals surface area (Å²) in [5, 5.41) is 2.62. The maximum absolute atomic E-state index is 11.9. The molecule has 1 aromatic carbocycles. The second-order valence-electron chi connectivity index (χ2n) is 6.48. The van der Waals surface area contributed by atoms with Gasteiger partial charge in [0.25, 0.3) is 5.91 Å². The quantitative estimate of drug-likeness (QED) is 0.676. The van der Waals surface area contributed by atoms with Crippen LogP contribution in [-0.4, -0.2) is 49.4 Å². The Morgan fingerprint density at radius 2 is 2.00 bits per heavy atom. The first kappa shape index (κ1) is 20.8. The van der Waals surface area contributed by atoms with Gasteiger partial charge in [-0.15, -0.1) is 11.8 Å². The van der Waals surface area contributed by atoms with Crippen LogP contribution in [0.1, 0.15) is 38.2 Å². The summed E-state index contributed by atoms with van der Waals surface area (Å²) in [6.45, 7) is 3.92. The molecule has 0 saturated carbocycles. The van der Waals surface area contributed by atoms with Crippen molar-refractivity contribution in [3.05, 3.63) is 29.8 Å². The minimum Gasteiger partial charge on any atom is -0.455 e. The molecule has 1 aliphatic rings. The van der Waals surface area contributed by atoms with E-state index in [4.69, 9.17) is 4.74 Å². The van der Waals surface area contributed by atoms with Crippen LogP contribution in [0.2, 0.25) is 0 Å². The van der Waals surface area contributed by atoms with Gasteiger partial charge < -0.3 is 10.1 Å². The highest BCUT2D eigenvalue weighted by Crippen LogP contribution is 2.24. The first-order valence-electron chi connectivity index (χ1n) is 8.66. The lowest BCUT2D eigenvalue weighted by atomic mass is 9.99. The number of esters is 1. The minimum absolute atomic E-state index is 0.0526. The third-order valence-corrected chi connectivity index (χ3v) is 7.62. The van der Waals surface area contributed by atoms with Gasteiger partial charge in [0.05, 0.1) is 17.3 Å². The Hall–Kier alpha value is -1.54. The van der Waals surface area contributed by atoms with Crippen LogP contribution in [0.3, 0.4) is 0 Å². The van der Waals surface area contributed by atoms with E-state index in [1.165, 1.54) is 17.3 Å². The molecule has 6 nitrogen and oxygen atoms in total. The predicted molar refractivity (Wildman–Crippen MR) is 104 cm³/mol. The summed E-state index contributed by atoms with van der Waals surface area (Å²) in [5.41, 5.74) is 1.87. The number of carbonyl (C=O) groups is 2. The van der Waals surface area contributed by atoms with Crippen LogP contribution in [0, 0.1) is 0 Å². The smallest absolute Gasteiger partial charge is 0.316 e. The SMILES string of the molecule is CC[C@@H](C)c1ccc(NC(=O)COC(=O)CS[C@@H]2CCS(=O)(=O)C2)cc1. The van der Waals surface area contributed by atoms with Gasteiger partial charge in [0.2, 0.25) is 0 Å². The fourth-order valence-electron chi connectivity index (χ4n) is 2.59. The third kappa shape index (κ3) is 6.64. The van der Waals surface area contributed by atoms with Crippen molar-refractivity contribution in [1.29, 1.82) is 0 Å². The number of nitrogens with one attached hydrogen (secondary N) is 1. The van der Waals surface area contributed by atoms with Crippen LogP contribution in [-0.2, 0) is 24.2 Å². The van der Waals surface area contributed by atoms with Gasteiger partial charge in [-0.1, -0.05) is 26.0 Å². The standard InChI is InChI=1S/C18H25NO5S2/c1-3-13(2)14-4-6-15(7-5-14)19-17(20)10-24-18(21)11-25-16-8-9-26(22,23)12-16/h4-7,13,16H,3,8-12H2,1-2H3,(H,19,20)/t13-,16-/m1/s1. The summed E-state index contributed by atoms with van der Waals surface area (Å²) in [6, 6.07) is 7.61. The van der Waals surface area contributed by atoms with Crippen molar-refractivity contribution >= 4 is 39.2 Å². The molecule has 0 bridgehead atoms. The van der Waals surface area contributed by atoms with Gasteiger partial charge in [-0.25, -0.2) is 8.42 Å². The second-order valence-corrected chi connectivity index (χ2v) is 9.99. The Balaban J connectivity index is 1.68. The Morgan fingerprint density at radius 1 is 1.31 bits per heavy atom. The Bertz CT molecular complexity index is 730. The third-order valence-electron chi connectivity index (χ3n) is 4.37. The average Bonchev–Trinajstić information content (AvgIpc) is 2.97. The van der Waals surface area contributed by atoms with Gasteiger partial charge in [-0.05, 0) is 36.5 Å². The van der Waals surface area contributed by atoms with Gasteiger partial charge in [0.15, 0.2) is 16.4 Å². The van der Waals surface area contributed by atoms with E-state index >= 15 is 0 Å². The fraction of sp³-hybridized carbons (Fsp3) is 0.556. The monoisotopic (exact) mass is 399 g/mol. The van der Waals surface area contributed by atoms with E-state index in [9.17, 15) is 18.0 Å². The highest BCUT2D eigenvalue weighted by Gasteiger charge is 2.28. The summed E-state index contributed by atoms with van der Waals surface area (Å²) >= 11 is 1.27. The van der Waals surface area contributed by atoms with E-state index < -0.39 is 21.7 Å². The fourth-order valence-corrected chi connectivity index (χ4v) is 6.03. The zero-order valence-electron chi connectivity index (χ0n) is 15.1. The number of hydrogen-bond acceptors (Lipinski definition) is 6. The van der Waals surface area contributed by atoms with Gasteiger partial charge in [0.1, 0.15) is 0 Å². The number of amides is 1. The van der Waals surface area contributed by atoms with Crippen LogP contribution in [0.5, 0.6) is 0 Å². The largest absolute Gasteiger partial charge is 0.455 e. The highest BCUT2D eigenvalue weighted by atomic mass is 32.2. The van der Waals surface area contributed by atoms with E-state index in [-0.39, 0.29) is 29.1 Å². The summed E-state index contributed by atoms with van der Waals surface area (Å²) in [4.78, 5) is 23.6. The summed E-state index contributed by atoms with van der Waals surface area (Å²) in [7, 11) is -2.95. The Labute approximate surface area is 159 Å². The maximum Gasteiger partial charge on any atom is 0.316 e. The molecule has 8 heteroatoms. The zero-order valence-corrected chi connectivity index (χ0v) is 16.7. The molecule has 0 aromatic heterocycles. The zero-order chi connectivity index (χ0) is 19.2. The molecule has 144 valence electrons.